The number of carbonyl (C=O) groups excluding carboxylic acids is 2. The van der Waals surface area contributed by atoms with Crippen LogP contribution in [0.3, 0.4) is 0 Å². The van der Waals surface area contributed by atoms with Crippen molar-refractivity contribution < 1.29 is 14.0 Å². The van der Waals surface area contributed by atoms with Crippen LogP contribution in [0.15, 0.2) is 47.4 Å². The van der Waals surface area contributed by atoms with Crippen molar-refractivity contribution in [3.05, 3.63) is 59.4 Å². The van der Waals surface area contributed by atoms with Crippen molar-refractivity contribution in [2.75, 3.05) is 11.1 Å². The number of hydrogen-bond donors (Lipinski definition) is 2. The van der Waals surface area contributed by atoms with Crippen LogP contribution in [0, 0.1) is 12.7 Å². The van der Waals surface area contributed by atoms with Gasteiger partial charge in [-0.25, -0.2) is 4.39 Å². The van der Waals surface area contributed by atoms with Crippen LogP contribution in [-0.2, 0) is 4.79 Å². The van der Waals surface area contributed by atoms with Crippen LogP contribution in [-0.4, -0.2) is 23.6 Å². The average molecular weight is 360 g/mol. The Labute approximate surface area is 151 Å². The summed E-state index contributed by atoms with van der Waals surface area (Å²) in [5, 5.41) is 5.50. The van der Waals surface area contributed by atoms with E-state index < -0.39 is 0 Å². The molecule has 0 aliphatic carbocycles. The second kappa shape index (κ2) is 8.67. The number of halogens is 1. The summed E-state index contributed by atoms with van der Waals surface area (Å²) in [6, 6.07) is 11.7. The van der Waals surface area contributed by atoms with E-state index in [1.54, 1.807) is 37.3 Å². The largest absolute Gasteiger partial charge is 0.353 e. The van der Waals surface area contributed by atoms with E-state index in [0.717, 1.165) is 0 Å². The Morgan fingerprint density at radius 2 is 1.88 bits per heavy atom. The predicted molar refractivity (Wildman–Crippen MR) is 99.5 cm³/mol. The molecule has 0 radical (unpaired) electrons. The van der Waals surface area contributed by atoms with Gasteiger partial charge in [0.1, 0.15) is 5.82 Å². The van der Waals surface area contributed by atoms with Crippen molar-refractivity contribution in [1.82, 2.24) is 5.32 Å². The Balaban J connectivity index is 2.09. The van der Waals surface area contributed by atoms with Crippen molar-refractivity contribution in [2.24, 2.45) is 0 Å². The number of benzene rings is 2. The Bertz CT molecular complexity index is 778. The molecule has 6 heteroatoms. The van der Waals surface area contributed by atoms with Crippen LogP contribution in [0.1, 0.15) is 29.8 Å². The Morgan fingerprint density at radius 3 is 2.56 bits per heavy atom. The fourth-order valence-corrected chi connectivity index (χ4v) is 3.02. The van der Waals surface area contributed by atoms with Gasteiger partial charge in [-0.15, -0.1) is 11.8 Å². The minimum atomic E-state index is -0.370. The first-order chi connectivity index (χ1) is 11.9. The van der Waals surface area contributed by atoms with Crippen LogP contribution in [0.25, 0.3) is 0 Å². The second-order valence-electron chi connectivity index (χ2n) is 5.93. The average Bonchev–Trinajstić information content (AvgIpc) is 2.56. The number of carbonyl (C=O) groups is 2. The lowest BCUT2D eigenvalue weighted by Gasteiger charge is -2.11. The summed E-state index contributed by atoms with van der Waals surface area (Å²) < 4.78 is 13.6. The van der Waals surface area contributed by atoms with Crippen LogP contribution in [0.2, 0.25) is 0 Å². The van der Waals surface area contributed by atoms with Gasteiger partial charge in [-0.1, -0.05) is 18.2 Å². The molecular formula is C19H21FN2O2S. The Kier molecular flexibility index (Phi) is 6.58. The van der Waals surface area contributed by atoms with E-state index in [2.05, 4.69) is 10.6 Å². The van der Waals surface area contributed by atoms with E-state index in [4.69, 9.17) is 0 Å². The number of thioether (sulfide) groups is 1. The summed E-state index contributed by atoms with van der Waals surface area (Å²) in [5.41, 5.74) is 1.36. The van der Waals surface area contributed by atoms with Crippen LogP contribution in [0.5, 0.6) is 0 Å². The molecule has 2 aromatic carbocycles. The smallest absolute Gasteiger partial charge is 0.256 e. The number of hydrogen-bond acceptors (Lipinski definition) is 3. The lowest BCUT2D eigenvalue weighted by Crippen LogP contribution is -2.31. The Morgan fingerprint density at radius 1 is 1.16 bits per heavy atom. The van der Waals surface area contributed by atoms with Gasteiger partial charge in [-0.05, 0) is 50.6 Å². The number of rotatable bonds is 6. The molecule has 25 heavy (non-hydrogen) atoms. The van der Waals surface area contributed by atoms with Gasteiger partial charge in [-0.2, -0.15) is 0 Å². The van der Waals surface area contributed by atoms with Crippen LogP contribution >= 0.6 is 11.8 Å². The molecule has 0 saturated heterocycles. The quantitative estimate of drug-likeness (QED) is 0.766. The zero-order valence-electron chi connectivity index (χ0n) is 14.4. The van der Waals surface area contributed by atoms with E-state index in [-0.39, 0.29) is 29.4 Å². The van der Waals surface area contributed by atoms with Gasteiger partial charge in [0.05, 0.1) is 11.3 Å². The molecule has 132 valence electrons. The summed E-state index contributed by atoms with van der Waals surface area (Å²) in [6.45, 7) is 5.45. The highest BCUT2D eigenvalue weighted by Gasteiger charge is 2.14. The van der Waals surface area contributed by atoms with E-state index in [0.29, 0.717) is 21.7 Å². The first-order valence-electron chi connectivity index (χ1n) is 7.95. The molecule has 0 spiro atoms. The first kappa shape index (κ1) is 19.0. The minimum absolute atomic E-state index is 0.0723. The standard InChI is InChI=1S/C19H21FN2O2S/c1-12(2)21-18(23)11-25-17-7-5-4-6-15(17)19(24)22-14-9-8-13(3)16(20)10-14/h4-10,12H,11H2,1-3H3,(H,21,23)(H,22,24). The van der Waals surface area contributed by atoms with Gasteiger partial charge < -0.3 is 10.6 Å². The molecular weight excluding hydrogens is 339 g/mol. The van der Waals surface area contributed by atoms with E-state index >= 15 is 0 Å². The molecule has 0 heterocycles. The van der Waals surface area contributed by atoms with E-state index in [9.17, 15) is 14.0 Å². The molecule has 2 N–H and O–H groups in total. The molecule has 0 aliphatic rings. The maximum absolute atomic E-state index is 13.6. The third kappa shape index (κ3) is 5.60. The summed E-state index contributed by atoms with van der Waals surface area (Å²) in [7, 11) is 0. The summed E-state index contributed by atoms with van der Waals surface area (Å²) in [6.07, 6.45) is 0. The van der Waals surface area contributed by atoms with Crippen LogP contribution < -0.4 is 10.6 Å². The lowest BCUT2D eigenvalue weighted by molar-refractivity contribution is -0.119. The highest BCUT2D eigenvalue weighted by atomic mass is 32.2. The fourth-order valence-electron chi connectivity index (χ4n) is 2.16. The summed E-state index contributed by atoms with van der Waals surface area (Å²) in [5.74, 6) is -0.570. The molecule has 0 aliphatic heterocycles. The minimum Gasteiger partial charge on any atom is -0.353 e. The second-order valence-corrected chi connectivity index (χ2v) is 6.94. The molecule has 4 nitrogen and oxygen atoms in total. The summed E-state index contributed by atoms with van der Waals surface area (Å²) in [4.78, 5) is 25.0. The van der Waals surface area contributed by atoms with Crippen molar-refractivity contribution in [1.29, 1.82) is 0 Å². The predicted octanol–water partition coefficient (Wildman–Crippen LogP) is 4.00. The lowest BCUT2D eigenvalue weighted by atomic mass is 10.2. The van der Waals surface area contributed by atoms with E-state index in [1.165, 1.54) is 17.8 Å². The number of amides is 2. The first-order valence-corrected chi connectivity index (χ1v) is 8.94. The van der Waals surface area contributed by atoms with Gasteiger partial charge in [0.2, 0.25) is 5.91 Å². The van der Waals surface area contributed by atoms with Crippen molar-refractivity contribution in [3.8, 4) is 0 Å². The number of nitrogens with one attached hydrogen (secondary N) is 2. The van der Waals surface area contributed by atoms with Gasteiger partial charge in [0, 0.05) is 16.6 Å². The molecule has 0 unspecified atom stereocenters. The molecule has 2 aromatic rings. The van der Waals surface area contributed by atoms with Crippen LogP contribution in [0.4, 0.5) is 10.1 Å². The molecule has 0 bridgehead atoms. The van der Waals surface area contributed by atoms with Gasteiger partial charge >= 0.3 is 0 Å². The Hall–Kier alpha value is -2.34. The van der Waals surface area contributed by atoms with E-state index in [1.807, 2.05) is 19.9 Å². The topological polar surface area (TPSA) is 58.2 Å². The van der Waals surface area contributed by atoms with Crippen molar-refractivity contribution in [2.45, 2.75) is 31.7 Å². The molecule has 0 fully saturated rings. The summed E-state index contributed by atoms with van der Waals surface area (Å²) >= 11 is 1.29. The molecule has 2 amide bonds. The van der Waals surface area contributed by atoms with Gasteiger partial charge in [-0.3, -0.25) is 9.59 Å². The maximum Gasteiger partial charge on any atom is 0.256 e. The fraction of sp³-hybridized carbons (Fsp3) is 0.263. The highest BCUT2D eigenvalue weighted by Crippen LogP contribution is 2.24. The van der Waals surface area contributed by atoms with Crippen molar-refractivity contribution >= 4 is 29.3 Å². The zero-order valence-corrected chi connectivity index (χ0v) is 15.2. The normalized spacial score (nSPS) is 10.6. The van der Waals surface area contributed by atoms with Gasteiger partial charge in [0.15, 0.2) is 0 Å². The molecule has 0 saturated carbocycles. The monoisotopic (exact) mass is 360 g/mol. The number of aryl methyl sites for hydroxylation is 1. The number of anilines is 1. The zero-order chi connectivity index (χ0) is 18.4. The molecule has 0 atom stereocenters. The van der Waals surface area contributed by atoms with Gasteiger partial charge in [0.25, 0.3) is 5.91 Å². The highest BCUT2D eigenvalue weighted by molar-refractivity contribution is 8.00. The van der Waals surface area contributed by atoms with Crippen molar-refractivity contribution in [3.63, 3.8) is 0 Å². The molecule has 2 rings (SSSR count). The molecule has 0 aromatic heterocycles. The third-order valence-electron chi connectivity index (χ3n) is 3.37. The maximum atomic E-state index is 13.6. The SMILES string of the molecule is Cc1ccc(NC(=O)c2ccccc2SCC(=O)NC(C)C)cc1F. The third-order valence-corrected chi connectivity index (χ3v) is 4.44.